The predicted octanol–water partition coefficient (Wildman–Crippen LogP) is 3.98. The zero-order valence-corrected chi connectivity index (χ0v) is 17.4. The first-order valence-corrected chi connectivity index (χ1v) is 10.3. The zero-order valence-electron chi connectivity index (χ0n) is 17.4. The van der Waals surface area contributed by atoms with Crippen molar-refractivity contribution in [2.24, 2.45) is 11.8 Å². The molecule has 1 saturated carbocycles. The maximum absolute atomic E-state index is 12.5. The van der Waals surface area contributed by atoms with Crippen molar-refractivity contribution < 1.29 is 19.1 Å². The highest BCUT2D eigenvalue weighted by molar-refractivity contribution is 5.88. The van der Waals surface area contributed by atoms with E-state index in [0.717, 1.165) is 24.0 Å². The number of carbonyl (C=O) groups excluding carboxylic acids is 2. The summed E-state index contributed by atoms with van der Waals surface area (Å²) in [6.07, 6.45) is 3.73. The summed E-state index contributed by atoms with van der Waals surface area (Å²) in [5.74, 6) is 0.210. The van der Waals surface area contributed by atoms with Crippen molar-refractivity contribution in [1.29, 1.82) is 0 Å². The van der Waals surface area contributed by atoms with E-state index < -0.39 is 0 Å². The van der Waals surface area contributed by atoms with Crippen molar-refractivity contribution >= 4 is 11.9 Å². The number of carbonyl (C=O) groups is 2. The van der Waals surface area contributed by atoms with Gasteiger partial charge in [-0.25, -0.2) is 0 Å². The van der Waals surface area contributed by atoms with Crippen LogP contribution in [0.3, 0.4) is 0 Å². The van der Waals surface area contributed by atoms with Crippen LogP contribution in [0.25, 0.3) is 0 Å². The lowest BCUT2D eigenvalue weighted by Crippen LogP contribution is -2.29. The first-order chi connectivity index (χ1) is 13.6. The van der Waals surface area contributed by atoms with Crippen LogP contribution in [-0.2, 0) is 25.7 Å². The van der Waals surface area contributed by atoms with Crippen molar-refractivity contribution in [3.63, 3.8) is 0 Å². The molecule has 154 valence electrons. The molecule has 2 rings (SSSR count). The molecule has 1 aromatic rings. The van der Waals surface area contributed by atoms with E-state index in [1.165, 1.54) is 0 Å². The van der Waals surface area contributed by atoms with Gasteiger partial charge in [-0.1, -0.05) is 35.9 Å². The molecule has 0 bridgehead atoms. The fourth-order valence-corrected chi connectivity index (χ4v) is 3.78. The predicted molar refractivity (Wildman–Crippen MR) is 110 cm³/mol. The van der Waals surface area contributed by atoms with Gasteiger partial charge < -0.3 is 14.4 Å². The van der Waals surface area contributed by atoms with Crippen molar-refractivity contribution in [3.8, 4) is 0 Å². The fourth-order valence-electron chi connectivity index (χ4n) is 3.78. The number of hydrogen-bond acceptors (Lipinski definition) is 4. The normalized spacial score (nSPS) is 20.3. The molecule has 0 aromatic heterocycles. The summed E-state index contributed by atoms with van der Waals surface area (Å²) in [5.41, 5.74) is 2.20. The molecule has 0 heterocycles. The standard InChI is InChI=1S/C23H33NO4/c1-4-24(5-2)22(25)14-20-12-19(13-21(20)15-23(26)28-6-3)17-27-16-18-10-8-7-9-11-18/h7-11,14,19,21H,4-6,12-13,15-17H2,1-3H3/b20-14-. The molecule has 0 spiro atoms. The highest BCUT2D eigenvalue weighted by Gasteiger charge is 2.32. The molecular weight excluding hydrogens is 354 g/mol. The lowest BCUT2D eigenvalue weighted by molar-refractivity contribution is -0.144. The van der Waals surface area contributed by atoms with Crippen LogP contribution in [0, 0.1) is 11.8 Å². The van der Waals surface area contributed by atoms with Crippen LogP contribution in [0.2, 0.25) is 0 Å². The molecule has 1 aliphatic carbocycles. The van der Waals surface area contributed by atoms with Crippen LogP contribution in [0.1, 0.15) is 45.6 Å². The molecule has 1 aromatic carbocycles. The maximum atomic E-state index is 12.5. The van der Waals surface area contributed by atoms with Gasteiger partial charge in [-0.3, -0.25) is 9.59 Å². The molecule has 0 saturated heterocycles. The van der Waals surface area contributed by atoms with Crippen LogP contribution in [-0.4, -0.2) is 43.1 Å². The van der Waals surface area contributed by atoms with Crippen LogP contribution >= 0.6 is 0 Å². The van der Waals surface area contributed by atoms with Crippen molar-refractivity contribution in [1.82, 2.24) is 4.90 Å². The molecule has 5 heteroatoms. The largest absolute Gasteiger partial charge is 0.466 e. The summed E-state index contributed by atoms with van der Waals surface area (Å²) < 4.78 is 11.0. The summed E-state index contributed by atoms with van der Waals surface area (Å²) in [6, 6.07) is 10.1. The van der Waals surface area contributed by atoms with Crippen LogP contribution in [0.15, 0.2) is 42.0 Å². The average molecular weight is 388 g/mol. The molecule has 28 heavy (non-hydrogen) atoms. The molecule has 1 aliphatic rings. The lowest BCUT2D eigenvalue weighted by Gasteiger charge is -2.18. The summed E-state index contributed by atoms with van der Waals surface area (Å²) in [7, 11) is 0. The Morgan fingerprint density at radius 3 is 2.50 bits per heavy atom. The van der Waals surface area contributed by atoms with E-state index in [4.69, 9.17) is 9.47 Å². The first-order valence-electron chi connectivity index (χ1n) is 10.3. The number of amides is 1. The van der Waals surface area contributed by atoms with Gasteiger partial charge in [-0.05, 0) is 51.0 Å². The summed E-state index contributed by atoms with van der Waals surface area (Å²) in [6.45, 7) is 8.73. The second-order valence-corrected chi connectivity index (χ2v) is 7.24. The molecule has 1 amide bonds. The Morgan fingerprint density at radius 2 is 1.86 bits per heavy atom. The second-order valence-electron chi connectivity index (χ2n) is 7.24. The minimum Gasteiger partial charge on any atom is -0.466 e. The third-order valence-electron chi connectivity index (χ3n) is 5.23. The van der Waals surface area contributed by atoms with E-state index in [2.05, 4.69) is 0 Å². The van der Waals surface area contributed by atoms with E-state index in [9.17, 15) is 9.59 Å². The van der Waals surface area contributed by atoms with Gasteiger partial charge in [0.25, 0.3) is 0 Å². The van der Waals surface area contributed by atoms with Crippen molar-refractivity contribution in [3.05, 3.63) is 47.5 Å². The maximum Gasteiger partial charge on any atom is 0.306 e. The van der Waals surface area contributed by atoms with Crippen LogP contribution in [0.4, 0.5) is 0 Å². The molecule has 5 nitrogen and oxygen atoms in total. The Labute approximate surface area is 168 Å². The smallest absolute Gasteiger partial charge is 0.306 e. The number of esters is 1. The Balaban J connectivity index is 1.99. The number of nitrogens with zero attached hydrogens (tertiary/aromatic N) is 1. The van der Waals surface area contributed by atoms with Gasteiger partial charge in [0.1, 0.15) is 0 Å². The van der Waals surface area contributed by atoms with Gasteiger partial charge in [-0.15, -0.1) is 0 Å². The van der Waals surface area contributed by atoms with E-state index >= 15 is 0 Å². The Hall–Kier alpha value is -2.14. The number of ether oxygens (including phenoxy) is 2. The molecule has 2 unspecified atom stereocenters. The van der Waals surface area contributed by atoms with Crippen molar-refractivity contribution in [2.75, 3.05) is 26.3 Å². The Bertz CT molecular complexity index is 652. The number of benzene rings is 1. The molecular formula is C23H33NO4. The summed E-state index contributed by atoms with van der Waals surface area (Å²) in [4.78, 5) is 26.3. The number of likely N-dealkylation sites (N-methyl/N-ethyl adjacent to an activating group) is 1. The van der Waals surface area contributed by atoms with E-state index in [1.807, 2.05) is 51.1 Å². The quantitative estimate of drug-likeness (QED) is 0.450. The fraction of sp³-hybridized carbons (Fsp3) is 0.565. The highest BCUT2D eigenvalue weighted by Crippen LogP contribution is 2.38. The number of hydrogen-bond donors (Lipinski definition) is 0. The van der Waals surface area contributed by atoms with Crippen molar-refractivity contribution in [2.45, 2.75) is 46.6 Å². The molecule has 2 atom stereocenters. The second kappa shape index (κ2) is 11.6. The summed E-state index contributed by atoms with van der Waals surface area (Å²) >= 11 is 0. The average Bonchev–Trinajstić information content (AvgIpc) is 3.04. The number of rotatable bonds is 10. The zero-order chi connectivity index (χ0) is 20.4. The Kier molecular flexibility index (Phi) is 9.21. The minimum atomic E-state index is -0.195. The van der Waals surface area contributed by atoms with Gasteiger partial charge in [0.2, 0.25) is 5.91 Å². The Morgan fingerprint density at radius 1 is 1.14 bits per heavy atom. The topological polar surface area (TPSA) is 55.8 Å². The van der Waals surface area contributed by atoms with Gasteiger partial charge >= 0.3 is 5.97 Å². The molecule has 0 aliphatic heterocycles. The highest BCUT2D eigenvalue weighted by atomic mass is 16.5. The lowest BCUT2D eigenvalue weighted by atomic mass is 9.98. The van der Waals surface area contributed by atoms with Gasteiger partial charge in [-0.2, -0.15) is 0 Å². The summed E-state index contributed by atoms with van der Waals surface area (Å²) in [5, 5.41) is 0. The van der Waals surface area contributed by atoms with E-state index in [-0.39, 0.29) is 17.8 Å². The third-order valence-corrected chi connectivity index (χ3v) is 5.23. The van der Waals surface area contributed by atoms with E-state index in [1.54, 1.807) is 11.0 Å². The van der Waals surface area contributed by atoms with Gasteiger partial charge in [0, 0.05) is 19.2 Å². The third kappa shape index (κ3) is 6.79. The van der Waals surface area contributed by atoms with Gasteiger partial charge in [0.15, 0.2) is 0 Å². The van der Waals surface area contributed by atoms with Crippen LogP contribution < -0.4 is 0 Å². The minimum absolute atomic E-state index is 0.0275. The van der Waals surface area contributed by atoms with Crippen LogP contribution in [0.5, 0.6) is 0 Å². The monoisotopic (exact) mass is 387 g/mol. The number of allylic oxidation sites excluding steroid dienone is 1. The SMILES string of the molecule is CCOC(=O)CC1CC(COCc2ccccc2)C/C1=C/C(=O)N(CC)CC. The van der Waals surface area contributed by atoms with Gasteiger partial charge in [0.05, 0.1) is 26.2 Å². The molecule has 0 N–H and O–H groups in total. The first kappa shape index (κ1) is 22.2. The molecule has 0 radical (unpaired) electrons. The van der Waals surface area contributed by atoms with E-state index in [0.29, 0.717) is 45.2 Å². The molecule has 1 fully saturated rings.